The quantitative estimate of drug-likeness (QED) is 0.561. The maximum atomic E-state index is 12.9. The van der Waals surface area contributed by atoms with E-state index in [0.29, 0.717) is 23.8 Å². The van der Waals surface area contributed by atoms with Crippen molar-refractivity contribution < 1.29 is 14.3 Å². The van der Waals surface area contributed by atoms with Crippen LogP contribution in [0, 0.1) is 6.92 Å². The molecule has 0 spiro atoms. The van der Waals surface area contributed by atoms with Crippen LogP contribution in [0.3, 0.4) is 0 Å². The first-order valence-electron chi connectivity index (χ1n) is 10.5. The van der Waals surface area contributed by atoms with E-state index in [-0.39, 0.29) is 5.91 Å². The van der Waals surface area contributed by atoms with Gasteiger partial charge in [-0.1, -0.05) is 12.1 Å². The lowest BCUT2D eigenvalue weighted by atomic mass is 9.95. The van der Waals surface area contributed by atoms with Crippen molar-refractivity contribution in [2.75, 3.05) is 27.3 Å². The van der Waals surface area contributed by atoms with Crippen molar-refractivity contribution in [1.82, 2.24) is 19.4 Å². The molecule has 1 aliphatic heterocycles. The van der Waals surface area contributed by atoms with Crippen molar-refractivity contribution in [3.63, 3.8) is 0 Å². The molecule has 7 nitrogen and oxygen atoms in total. The van der Waals surface area contributed by atoms with E-state index in [9.17, 15) is 4.79 Å². The number of likely N-dealkylation sites (tertiary alicyclic amines) is 1. The number of methoxy groups -OCH3 is 2. The second-order valence-corrected chi connectivity index (χ2v) is 8.82. The monoisotopic (exact) mass is 440 g/mol. The smallest absolute Gasteiger partial charge is 0.227 e. The summed E-state index contributed by atoms with van der Waals surface area (Å²) in [5.74, 6) is 2.84. The van der Waals surface area contributed by atoms with E-state index in [1.807, 2.05) is 42.4 Å². The Bertz CT molecular complexity index is 1040. The molecule has 1 aromatic carbocycles. The SMILES string of the molecule is COc1cccc(CC(=O)N2CCC(c3nccn3Cc3csc(C)n3)CC2)c1OC. The molecule has 0 saturated carbocycles. The van der Waals surface area contributed by atoms with Gasteiger partial charge in [-0.2, -0.15) is 0 Å². The van der Waals surface area contributed by atoms with Gasteiger partial charge in [0.05, 0.1) is 37.9 Å². The van der Waals surface area contributed by atoms with Crippen LogP contribution in [0.4, 0.5) is 0 Å². The molecule has 4 rings (SSSR count). The predicted octanol–water partition coefficient (Wildman–Crippen LogP) is 3.66. The van der Waals surface area contributed by atoms with Crippen molar-refractivity contribution in [3.8, 4) is 11.5 Å². The number of aryl methyl sites for hydroxylation is 1. The Morgan fingerprint density at radius 1 is 1.23 bits per heavy atom. The third-order valence-corrected chi connectivity index (χ3v) is 6.61. The number of para-hydroxylation sites is 1. The highest BCUT2D eigenvalue weighted by Crippen LogP contribution is 2.32. The Morgan fingerprint density at radius 2 is 2.03 bits per heavy atom. The summed E-state index contributed by atoms with van der Waals surface area (Å²) in [5.41, 5.74) is 1.92. The van der Waals surface area contributed by atoms with Gasteiger partial charge in [0.2, 0.25) is 5.91 Å². The molecule has 1 fully saturated rings. The molecule has 8 heteroatoms. The van der Waals surface area contributed by atoms with E-state index in [2.05, 4.69) is 19.9 Å². The maximum Gasteiger partial charge on any atom is 0.227 e. The van der Waals surface area contributed by atoms with Gasteiger partial charge < -0.3 is 18.9 Å². The first-order valence-corrected chi connectivity index (χ1v) is 11.4. The molecule has 31 heavy (non-hydrogen) atoms. The van der Waals surface area contributed by atoms with Crippen LogP contribution in [0.1, 0.15) is 40.8 Å². The molecule has 0 N–H and O–H groups in total. The van der Waals surface area contributed by atoms with Crippen LogP contribution in [0.15, 0.2) is 36.0 Å². The van der Waals surface area contributed by atoms with Gasteiger partial charge in [-0.05, 0) is 25.8 Å². The minimum Gasteiger partial charge on any atom is -0.493 e. The molecule has 2 aromatic heterocycles. The number of amides is 1. The minimum absolute atomic E-state index is 0.117. The van der Waals surface area contributed by atoms with E-state index < -0.39 is 0 Å². The number of hydrogen-bond acceptors (Lipinski definition) is 6. The van der Waals surface area contributed by atoms with Crippen molar-refractivity contribution in [2.24, 2.45) is 0 Å². The third kappa shape index (κ3) is 4.74. The van der Waals surface area contributed by atoms with Crippen molar-refractivity contribution in [1.29, 1.82) is 0 Å². The number of hydrogen-bond donors (Lipinski definition) is 0. The van der Waals surface area contributed by atoms with Crippen molar-refractivity contribution in [3.05, 3.63) is 58.1 Å². The highest BCUT2D eigenvalue weighted by Gasteiger charge is 2.27. The Kier molecular flexibility index (Phi) is 6.56. The Balaban J connectivity index is 1.37. The maximum absolute atomic E-state index is 12.9. The number of thiazole rings is 1. The first kappa shape index (κ1) is 21.4. The van der Waals surface area contributed by atoms with E-state index in [4.69, 9.17) is 9.47 Å². The first-order chi connectivity index (χ1) is 15.1. The molecule has 3 heterocycles. The van der Waals surface area contributed by atoms with Gasteiger partial charge >= 0.3 is 0 Å². The lowest BCUT2D eigenvalue weighted by Crippen LogP contribution is -2.39. The van der Waals surface area contributed by atoms with Crippen LogP contribution in [0.5, 0.6) is 11.5 Å². The molecule has 0 aliphatic carbocycles. The highest BCUT2D eigenvalue weighted by molar-refractivity contribution is 7.09. The minimum atomic E-state index is 0.117. The van der Waals surface area contributed by atoms with E-state index in [1.165, 1.54) is 0 Å². The van der Waals surface area contributed by atoms with Crippen LogP contribution >= 0.6 is 11.3 Å². The van der Waals surface area contributed by atoms with Gasteiger partial charge in [0, 0.05) is 42.3 Å². The van der Waals surface area contributed by atoms with Crippen LogP contribution in [0.2, 0.25) is 0 Å². The van der Waals surface area contributed by atoms with E-state index in [1.54, 1.807) is 25.6 Å². The summed E-state index contributed by atoms with van der Waals surface area (Å²) in [5, 5.41) is 3.18. The number of aromatic nitrogens is 3. The summed E-state index contributed by atoms with van der Waals surface area (Å²) >= 11 is 1.67. The Morgan fingerprint density at radius 3 is 2.71 bits per heavy atom. The van der Waals surface area contributed by atoms with Crippen LogP contribution in [0.25, 0.3) is 0 Å². The van der Waals surface area contributed by atoms with Gasteiger partial charge in [-0.25, -0.2) is 9.97 Å². The Labute approximate surface area is 186 Å². The number of nitrogens with zero attached hydrogens (tertiary/aromatic N) is 4. The molecular weight excluding hydrogens is 412 g/mol. The summed E-state index contributed by atoms with van der Waals surface area (Å²) in [6.45, 7) is 4.24. The molecule has 1 aliphatic rings. The third-order valence-electron chi connectivity index (χ3n) is 5.79. The summed E-state index contributed by atoms with van der Waals surface area (Å²) in [7, 11) is 3.21. The fraction of sp³-hybridized carbons (Fsp3) is 0.435. The standard InChI is InChI=1S/C23H28N4O3S/c1-16-25-19(15-31-16)14-27-12-9-24-23(27)17-7-10-26(11-8-17)21(28)13-18-5-4-6-20(29-2)22(18)30-3/h4-6,9,12,15,17H,7-8,10-11,13-14H2,1-3H3. The summed E-state index contributed by atoms with van der Waals surface area (Å²) < 4.78 is 13.0. The molecule has 1 amide bonds. The number of piperidine rings is 1. The molecule has 0 bridgehead atoms. The second kappa shape index (κ2) is 9.51. The lowest BCUT2D eigenvalue weighted by Gasteiger charge is -2.32. The number of imidazole rings is 1. The number of rotatable bonds is 7. The van der Waals surface area contributed by atoms with Crippen LogP contribution < -0.4 is 9.47 Å². The molecule has 1 saturated heterocycles. The van der Waals surface area contributed by atoms with Crippen molar-refractivity contribution >= 4 is 17.2 Å². The largest absolute Gasteiger partial charge is 0.493 e. The number of ether oxygens (including phenoxy) is 2. The van der Waals surface area contributed by atoms with Crippen molar-refractivity contribution in [2.45, 2.75) is 38.6 Å². The van der Waals surface area contributed by atoms with Crippen LogP contribution in [-0.4, -0.2) is 52.7 Å². The Hall–Kier alpha value is -2.87. The number of carbonyl (C=O) groups is 1. The normalized spacial score (nSPS) is 14.6. The van der Waals surface area contributed by atoms with E-state index in [0.717, 1.165) is 54.6 Å². The van der Waals surface area contributed by atoms with Gasteiger partial charge in [0.1, 0.15) is 5.82 Å². The number of benzene rings is 1. The lowest BCUT2D eigenvalue weighted by molar-refractivity contribution is -0.131. The summed E-state index contributed by atoms with van der Waals surface area (Å²) in [6, 6.07) is 5.65. The average molecular weight is 441 g/mol. The molecule has 164 valence electrons. The predicted molar refractivity (Wildman–Crippen MR) is 120 cm³/mol. The molecular formula is C23H28N4O3S. The average Bonchev–Trinajstić information content (AvgIpc) is 3.42. The molecule has 0 radical (unpaired) electrons. The zero-order valence-corrected chi connectivity index (χ0v) is 19.0. The van der Waals surface area contributed by atoms with Crippen LogP contribution in [-0.2, 0) is 17.8 Å². The fourth-order valence-electron chi connectivity index (χ4n) is 4.22. The van der Waals surface area contributed by atoms with Gasteiger partial charge in [0.25, 0.3) is 0 Å². The second-order valence-electron chi connectivity index (χ2n) is 7.76. The fourth-order valence-corrected chi connectivity index (χ4v) is 4.83. The topological polar surface area (TPSA) is 69.5 Å². The van der Waals surface area contributed by atoms with Gasteiger partial charge in [-0.3, -0.25) is 4.79 Å². The van der Waals surface area contributed by atoms with Gasteiger partial charge in [-0.15, -0.1) is 11.3 Å². The summed E-state index contributed by atoms with van der Waals surface area (Å²) in [6.07, 6.45) is 6.02. The number of carbonyl (C=O) groups excluding carboxylic acids is 1. The van der Waals surface area contributed by atoms with E-state index >= 15 is 0 Å². The van der Waals surface area contributed by atoms with Gasteiger partial charge in [0.15, 0.2) is 11.5 Å². The summed E-state index contributed by atoms with van der Waals surface area (Å²) in [4.78, 5) is 24.1. The molecule has 0 atom stereocenters. The molecule has 0 unspecified atom stereocenters. The molecule has 3 aromatic rings. The zero-order chi connectivity index (χ0) is 21.8. The highest BCUT2D eigenvalue weighted by atomic mass is 32.1. The zero-order valence-electron chi connectivity index (χ0n) is 18.2.